The van der Waals surface area contributed by atoms with E-state index in [9.17, 15) is 19.5 Å². The van der Waals surface area contributed by atoms with Gasteiger partial charge in [-0.2, -0.15) is 0 Å². The van der Waals surface area contributed by atoms with Gasteiger partial charge in [-0.25, -0.2) is 4.79 Å². The summed E-state index contributed by atoms with van der Waals surface area (Å²) in [4.78, 5) is 36.8. The Morgan fingerprint density at radius 2 is 1.27 bits per heavy atom. The maximum Gasteiger partial charge on any atom is 0.327 e. The predicted octanol–water partition coefficient (Wildman–Crippen LogP) is 4.69. The minimum absolute atomic E-state index is 0.108. The third kappa shape index (κ3) is 7.73. The molecule has 0 aromatic heterocycles. The fraction of sp³-hybridized carbons (Fsp3) is 0.344. The number of carboxylic acids is 1. The van der Waals surface area contributed by atoms with E-state index in [1.165, 1.54) is 18.7 Å². The Labute approximate surface area is 240 Å². The van der Waals surface area contributed by atoms with E-state index in [4.69, 9.17) is 5.73 Å². The lowest BCUT2D eigenvalue weighted by Crippen LogP contribution is -2.57. The number of nitrogens with two attached hydrogens (primary N) is 1. The van der Waals surface area contributed by atoms with Crippen molar-refractivity contribution in [2.24, 2.45) is 5.73 Å². The van der Waals surface area contributed by atoms with E-state index in [0.29, 0.717) is 25.8 Å². The SMILES string of the molecule is CC(=O)NCCCC[C@H](N)C(=O)N[C@H](C(=O)O)C(C)(C)SC(c1ccccc1)(c1ccccc1)c1ccccc1. The highest BCUT2D eigenvalue weighted by Crippen LogP contribution is 2.54. The summed E-state index contributed by atoms with van der Waals surface area (Å²) in [5, 5.41) is 15.8. The number of hydrogen-bond acceptors (Lipinski definition) is 5. The molecule has 40 heavy (non-hydrogen) atoms. The van der Waals surface area contributed by atoms with Crippen LogP contribution in [-0.4, -0.2) is 46.3 Å². The van der Waals surface area contributed by atoms with Gasteiger partial charge in [0.1, 0.15) is 6.04 Å². The molecular weight excluding hydrogens is 522 g/mol. The molecular formula is C32H39N3O4S. The van der Waals surface area contributed by atoms with Crippen LogP contribution in [0.5, 0.6) is 0 Å². The van der Waals surface area contributed by atoms with Gasteiger partial charge in [0.05, 0.1) is 10.8 Å². The summed E-state index contributed by atoms with van der Waals surface area (Å²) < 4.78 is -1.74. The minimum atomic E-state index is -1.22. The Bertz CT molecular complexity index is 1160. The number of nitrogens with one attached hydrogen (secondary N) is 2. The molecule has 0 saturated carbocycles. The normalized spacial score (nSPS) is 13.2. The highest BCUT2D eigenvalue weighted by Gasteiger charge is 2.47. The molecule has 0 aliphatic carbocycles. The average molecular weight is 562 g/mol. The number of unbranched alkanes of at least 4 members (excludes halogenated alkanes) is 1. The summed E-state index contributed by atoms with van der Waals surface area (Å²) in [6.07, 6.45) is 1.69. The fourth-order valence-electron chi connectivity index (χ4n) is 4.82. The van der Waals surface area contributed by atoms with Crippen LogP contribution in [0.15, 0.2) is 91.0 Å². The van der Waals surface area contributed by atoms with Gasteiger partial charge in [-0.1, -0.05) is 91.0 Å². The zero-order valence-electron chi connectivity index (χ0n) is 23.3. The van der Waals surface area contributed by atoms with E-state index in [1.54, 1.807) is 0 Å². The van der Waals surface area contributed by atoms with Crippen molar-refractivity contribution < 1.29 is 19.5 Å². The van der Waals surface area contributed by atoms with Gasteiger partial charge in [0.2, 0.25) is 11.8 Å². The first kappa shape index (κ1) is 30.9. The molecule has 0 radical (unpaired) electrons. The third-order valence-electron chi connectivity index (χ3n) is 6.84. The number of carboxylic acid groups (broad SMARTS) is 1. The van der Waals surface area contributed by atoms with Crippen molar-refractivity contribution in [2.75, 3.05) is 6.54 Å². The molecule has 3 rings (SSSR count). The number of rotatable bonds is 14. The molecule has 3 aromatic rings. The summed E-state index contributed by atoms with van der Waals surface area (Å²) >= 11 is 1.49. The van der Waals surface area contributed by atoms with Gasteiger partial charge in [0.15, 0.2) is 0 Å². The summed E-state index contributed by atoms with van der Waals surface area (Å²) in [6.45, 7) is 5.65. The molecule has 0 aliphatic rings. The van der Waals surface area contributed by atoms with Crippen LogP contribution in [0.4, 0.5) is 0 Å². The first-order valence-corrected chi connectivity index (χ1v) is 14.3. The van der Waals surface area contributed by atoms with Crippen LogP contribution in [0.2, 0.25) is 0 Å². The summed E-state index contributed by atoms with van der Waals surface area (Å²) in [5.41, 5.74) is 9.14. The molecule has 0 bridgehead atoms. The molecule has 0 saturated heterocycles. The van der Waals surface area contributed by atoms with Gasteiger partial charge in [-0.05, 0) is 49.8 Å². The quantitative estimate of drug-likeness (QED) is 0.167. The lowest BCUT2D eigenvalue weighted by Gasteiger charge is -2.43. The second-order valence-corrected chi connectivity index (χ2v) is 12.2. The number of aliphatic carboxylic acids is 1. The van der Waals surface area contributed by atoms with E-state index in [2.05, 4.69) is 10.6 Å². The highest BCUT2D eigenvalue weighted by atomic mass is 32.2. The summed E-state index contributed by atoms with van der Waals surface area (Å²) in [6, 6.07) is 28.0. The lowest BCUT2D eigenvalue weighted by molar-refractivity contribution is -0.142. The van der Waals surface area contributed by atoms with Crippen molar-refractivity contribution in [1.29, 1.82) is 0 Å². The smallest absolute Gasteiger partial charge is 0.327 e. The zero-order chi connectivity index (χ0) is 29.2. The molecule has 3 aromatic carbocycles. The Hall–Kier alpha value is -3.62. The maximum atomic E-state index is 13.1. The minimum Gasteiger partial charge on any atom is -0.480 e. The van der Waals surface area contributed by atoms with Gasteiger partial charge in [0, 0.05) is 18.2 Å². The molecule has 7 nitrogen and oxygen atoms in total. The van der Waals surface area contributed by atoms with E-state index in [-0.39, 0.29) is 5.91 Å². The predicted molar refractivity (Wildman–Crippen MR) is 161 cm³/mol. The molecule has 0 spiro atoms. The average Bonchev–Trinajstić information content (AvgIpc) is 2.95. The van der Waals surface area contributed by atoms with Crippen LogP contribution >= 0.6 is 11.8 Å². The molecule has 2 amide bonds. The van der Waals surface area contributed by atoms with Crippen molar-refractivity contribution in [1.82, 2.24) is 10.6 Å². The summed E-state index contributed by atoms with van der Waals surface area (Å²) in [7, 11) is 0. The van der Waals surface area contributed by atoms with Crippen molar-refractivity contribution in [3.05, 3.63) is 108 Å². The number of carbonyl (C=O) groups excluding carboxylic acids is 2. The monoisotopic (exact) mass is 561 g/mol. The number of hydrogen-bond donors (Lipinski definition) is 4. The van der Waals surface area contributed by atoms with Gasteiger partial charge in [0.25, 0.3) is 0 Å². The second-order valence-electron chi connectivity index (χ2n) is 10.3. The van der Waals surface area contributed by atoms with E-state index in [1.807, 2.05) is 105 Å². The zero-order valence-corrected chi connectivity index (χ0v) is 24.1. The highest BCUT2D eigenvalue weighted by molar-refractivity contribution is 8.02. The molecule has 0 fully saturated rings. The molecule has 212 valence electrons. The van der Waals surface area contributed by atoms with Crippen LogP contribution in [0.25, 0.3) is 0 Å². The maximum absolute atomic E-state index is 13.1. The molecule has 2 atom stereocenters. The van der Waals surface area contributed by atoms with E-state index < -0.39 is 33.5 Å². The Morgan fingerprint density at radius 3 is 1.68 bits per heavy atom. The van der Waals surface area contributed by atoms with Crippen molar-refractivity contribution in [3.63, 3.8) is 0 Å². The van der Waals surface area contributed by atoms with Crippen LogP contribution < -0.4 is 16.4 Å². The Morgan fingerprint density at radius 1 is 0.825 bits per heavy atom. The van der Waals surface area contributed by atoms with Gasteiger partial charge in [-0.3, -0.25) is 9.59 Å². The first-order valence-electron chi connectivity index (χ1n) is 13.5. The van der Waals surface area contributed by atoms with Crippen molar-refractivity contribution >= 4 is 29.5 Å². The fourth-order valence-corrected chi connectivity index (χ4v) is 6.64. The first-order chi connectivity index (χ1) is 19.1. The summed E-state index contributed by atoms with van der Waals surface area (Å²) in [5.74, 6) is -1.75. The second kappa shape index (κ2) is 14.1. The molecule has 5 N–H and O–H groups in total. The molecule has 0 unspecified atom stereocenters. The number of benzene rings is 3. The number of thioether (sulfide) groups is 1. The number of carbonyl (C=O) groups is 3. The lowest BCUT2D eigenvalue weighted by atomic mass is 9.84. The molecule has 0 aliphatic heterocycles. The largest absolute Gasteiger partial charge is 0.480 e. The van der Waals surface area contributed by atoms with Gasteiger partial charge >= 0.3 is 5.97 Å². The van der Waals surface area contributed by atoms with E-state index in [0.717, 1.165) is 16.7 Å². The van der Waals surface area contributed by atoms with E-state index >= 15 is 0 Å². The van der Waals surface area contributed by atoms with Crippen LogP contribution in [0, 0.1) is 0 Å². The molecule has 8 heteroatoms. The molecule has 0 heterocycles. The Balaban J connectivity index is 1.94. The van der Waals surface area contributed by atoms with Crippen molar-refractivity contribution in [2.45, 2.75) is 61.6 Å². The topological polar surface area (TPSA) is 122 Å². The third-order valence-corrected chi connectivity index (χ3v) is 8.61. The van der Waals surface area contributed by atoms with Crippen LogP contribution in [0.1, 0.15) is 56.7 Å². The Kier molecular flexibility index (Phi) is 10.9. The van der Waals surface area contributed by atoms with Crippen LogP contribution in [0.3, 0.4) is 0 Å². The van der Waals surface area contributed by atoms with Crippen LogP contribution in [-0.2, 0) is 19.1 Å². The van der Waals surface area contributed by atoms with Crippen molar-refractivity contribution in [3.8, 4) is 0 Å². The van der Waals surface area contributed by atoms with Gasteiger partial charge in [-0.15, -0.1) is 11.8 Å². The standard InChI is InChI=1S/C32H39N3O4S/c1-23(36)34-22-14-13-21-27(33)29(37)35-28(30(38)39)31(2,3)40-32(24-15-7-4-8-16-24,25-17-9-5-10-18-25)26-19-11-6-12-20-26/h4-12,15-20,27-28H,13-14,21-22,33H2,1-3H3,(H,34,36)(H,35,37)(H,38,39)/t27-,28+/m0/s1. The van der Waals surface area contributed by atoms with Gasteiger partial charge < -0.3 is 21.5 Å². The number of amides is 2.